The van der Waals surface area contributed by atoms with E-state index in [1.54, 1.807) is 24.4 Å². The lowest BCUT2D eigenvalue weighted by atomic mass is 9.86. The summed E-state index contributed by atoms with van der Waals surface area (Å²) in [4.78, 5) is 16.7. The normalized spacial score (nSPS) is 27.5. The van der Waals surface area contributed by atoms with Gasteiger partial charge in [-0.25, -0.2) is 0 Å². The summed E-state index contributed by atoms with van der Waals surface area (Å²) >= 11 is 6.33. The summed E-state index contributed by atoms with van der Waals surface area (Å²) in [5.41, 5.74) is 0.915. The number of piperazine rings is 1. The number of carbonyl (C=O) groups is 1. The molecule has 1 amide bonds. The number of nitrogens with zero attached hydrogens (tertiary/aromatic N) is 1. The SMILES string of the molecule is O=C1NC2CCCC[C@@H]2NC1c1cc(Cl)c2cccnc2c1O. The molecule has 2 aromatic rings. The third-order valence-electron chi connectivity index (χ3n) is 4.89. The van der Waals surface area contributed by atoms with E-state index in [1.807, 2.05) is 0 Å². The Kier molecular flexibility index (Phi) is 3.62. The van der Waals surface area contributed by atoms with Crippen LogP contribution in [0.1, 0.15) is 37.3 Å². The highest BCUT2D eigenvalue weighted by molar-refractivity contribution is 6.35. The maximum Gasteiger partial charge on any atom is 0.242 e. The van der Waals surface area contributed by atoms with Crippen molar-refractivity contribution in [1.82, 2.24) is 15.6 Å². The summed E-state index contributed by atoms with van der Waals surface area (Å²) in [6, 6.07) is 5.07. The number of rotatable bonds is 1. The van der Waals surface area contributed by atoms with Gasteiger partial charge in [-0.2, -0.15) is 0 Å². The Labute approximate surface area is 139 Å². The lowest BCUT2D eigenvalue weighted by Gasteiger charge is -2.40. The molecule has 6 heteroatoms. The zero-order chi connectivity index (χ0) is 16.0. The number of phenols is 1. The number of fused-ring (bicyclic) bond motifs is 2. The van der Waals surface area contributed by atoms with Crippen LogP contribution in [0, 0.1) is 0 Å². The molecular formula is C17H18ClN3O2. The van der Waals surface area contributed by atoms with Gasteiger partial charge in [0.25, 0.3) is 0 Å². The van der Waals surface area contributed by atoms with Crippen LogP contribution in [-0.2, 0) is 4.79 Å². The quantitative estimate of drug-likeness (QED) is 0.751. The minimum Gasteiger partial charge on any atom is -0.505 e. The van der Waals surface area contributed by atoms with Crippen molar-refractivity contribution in [2.45, 2.75) is 43.8 Å². The molecule has 3 atom stereocenters. The second-order valence-electron chi connectivity index (χ2n) is 6.30. The Bertz CT molecular complexity index is 780. The average molecular weight is 332 g/mol. The topological polar surface area (TPSA) is 74.2 Å². The van der Waals surface area contributed by atoms with Gasteiger partial charge in [-0.3, -0.25) is 15.1 Å². The van der Waals surface area contributed by atoms with Gasteiger partial charge in [0.15, 0.2) is 0 Å². The first-order valence-corrected chi connectivity index (χ1v) is 8.35. The molecule has 0 radical (unpaired) electrons. The third-order valence-corrected chi connectivity index (χ3v) is 5.21. The molecule has 2 aliphatic rings. The van der Waals surface area contributed by atoms with Crippen molar-refractivity contribution in [2.75, 3.05) is 0 Å². The van der Waals surface area contributed by atoms with E-state index in [4.69, 9.17) is 11.6 Å². The van der Waals surface area contributed by atoms with Gasteiger partial charge < -0.3 is 10.4 Å². The Balaban J connectivity index is 1.76. The predicted molar refractivity (Wildman–Crippen MR) is 88.5 cm³/mol. The molecule has 1 aromatic carbocycles. The largest absolute Gasteiger partial charge is 0.505 e. The number of carbonyl (C=O) groups excluding carboxylic acids is 1. The number of amides is 1. The number of aromatic nitrogens is 1. The van der Waals surface area contributed by atoms with E-state index in [-0.39, 0.29) is 23.7 Å². The van der Waals surface area contributed by atoms with E-state index in [1.165, 1.54) is 0 Å². The van der Waals surface area contributed by atoms with Gasteiger partial charge >= 0.3 is 0 Å². The van der Waals surface area contributed by atoms with E-state index in [9.17, 15) is 9.90 Å². The summed E-state index contributed by atoms with van der Waals surface area (Å²) in [5.74, 6) is -0.0956. The van der Waals surface area contributed by atoms with Crippen LogP contribution >= 0.6 is 11.6 Å². The number of phenolic OH excluding ortho intramolecular Hbond substituents is 1. The third kappa shape index (κ3) is 2.44. The Morgan fingerprint density at radius 2 is 2.04 bits per heavy atom. The molecule has 1 aromatic heterocycles. The monoisotopic (exact) mass is 331 g/mol. The first-order valence-electron chi connectivity index (χ1n) is 7.97. The average Bonchev–Trinajstić information content (AvgIpc) is 2.58. The number of halogens is 1. The van der Waals surface area contributed by atoms with Crippen molar-refractivity contribution in [3.05, 3.63) is 35.0 Å². The number of hydrogen-bond donors (Lipinski definition) is 3. The summed E-state index contributed by atoms with van der Waals surface area (Å²) in [6.07, 6.45) is 5.94. The molecule has 1 saturated heterocycles. The van der Waals surface area contributed by atoms with Crippen molar-refractivity contribution in [3.8, 4) is 5.75 Å². The van der Waals surface area contributed by atoms with E-state index >= 15 is 0 Å². The zero-order valence-electron chi connectivity index (χ0n) is 12.6. The summed E-state index contributed by atoms with van der Waals surface area (Å²) < 4.78 is 0. The van der Waals surface area contributed by atoms with Gasteiger partial charge in [0, 0.05) is 29.2 Å². The van der Waals surface area contributed by atoms with Crippen LogP contribution in [0.5, 0.6) is 5.75 Å². The fourth-order valence-corrected chi connectivity index (χ4v) is 3.99. The number of nitrogens with one attached hydrogen (secondary N) is 2. The molecule has 0 bridgehead atoms. The van der Waals surface area contributed by atoms with Crippen LogP contribution in [-0.4, -0.2) is 28.1 Å². The molecule has 1 aliphatic carbocycles. The molecular weight excluding hydrogens is 314 g/mol. The van der Waals surface area contributed by atoms with E-state index < -0.39 is 6.04 Å². The molecule has 0 spiro atoms. The van der Waals surface area contributed by atoms with Crippen LogP contribution < -0.4 is 10.6 Å². The molecule has 1 saturated carbocycles. The fourth-order valence-electron chi connectivity index (χ4n) is 3.72. The molecule has 3 N–H and O–H groups in total. The van der Waals surface area contributed by atoms with Crippen molar-refractivity contribution in [3.63, 3.8) is 0 Å². The van der Waals surface area contributed by atoms with Gasteiger partial charge in [0.2, 0.25) is 5.91 Å². The highest BCUT2D eigenvalue weighted by Gasteiger charge is 2.38. The van der Waals surface area contributed by atoms with Crippen LogP contribution in [0.4, 0.5) is 0 Å². The summed E-state index contributed by atoms with van der Waals surface area (Å²) in [6.45, 7) is 0. The van der Waals surface area contributed by atoms with Gasteiger partial charge in [-0.1, -0.05) is 24.4 Å². The molecule has 1 aliphatic heterocycles. The molecule has 120 valence electrons. The zero-order valence-corrected chi connectivity index (χ0v) is 13.3. The first-order chi connectivity index (χ1) is 11.1. The van der Waals surface area contributed by atoms with E-state index in [0.29, 0.717) is 21.5 Å². The molecule has 4 rings (SSSR count). The Hall–Kier alpha value is -1.85. The molecule has 5 nitrogen and oxygen atoms in total. The van der Waals surface area contributed by atoms with Crippen LogP contribution in [0.15, 0.2) is 24.4 Å². The Morgan fingerprint density at radius 3 is 2.87 bits per heavy atom. The smallest absolute Gasteiger partial charge is 0.242 e. The number of aromatic hydroxyl groups is 1. The van der Waals surface area contributed by atoms with Crippen molar-refractivity contribution < 1.29 is 9.90 Å². The molecule has 2 heterocycles. The first kappa shape index (κ1) is 14.7. The summed E-state index contributed by atoms with van der Waals surface area (Å²) in [5, 5.41) is 18.3. The van der Waals surface area contributed by atoms with E-state index in [2.05, 4.69) is 15.6 Å². The maximum atomic E-state index is 12.5. The number of hydrogen-bond acceptors (Lipinski definition) is 4. The second-order valence-corrected chi connectivity index (χ2v) is 6.71. The summed E-state index contributed by atoms with van der Waals surface area (Å²) in [7, 11) is 0. The Morgan fingerprint density at radius 1 is 1.26 bits per heavy atom. The fraction of sp³-hybridized carbons (Fsp3) is 0.412. The number of pyridine rings is 1. The molecule has 2 fully saturated rings. The van der Waals surface area contributed by atoms with Crippen LogP contribution in [0.25, 0.3) is 10.9 Å². The maximum absolute atomic E-state index is 12.5. The second kappa shape index (κ2) is 5.65. The number of benzene rings is 1. The van der Waals surface area contributed by atoms with Crippen LogP contribution in [0.3, 0.4) is 0 Å². The minimum atomic E-state index is -0.599. The van der Waals surface area contributed by atoms with Gasteiger partial charge in [-0.05, 0) is 31.0 Å². The van der Waals surface area contributed by atoms with Gasteiger partial charge in [0.05, 0.1) is 5.02 Å². The predicted octanol–water partition coefficient (Wildman–Crippen LogP) is 2.67. The molecule has 23 heavy (non-hydrogen) atoms. The highest BCUT2D eigenvalue weighted by Crippen LogP contribution is 2.38. The minimum absolute atomic E-state index is 0.0203. The van der Waals surface area contributed by atoms with Crippen molar-refractivity contribution >= 4 is 28.4 Å². The van der Waals surface area contributed by atoms with Crippen molar-refractivity contribution in [1.29, 1.82) is 0 Å². The van der Waals surface area contributed by atoms with Crippen LogP contribution in [0.2, 0.25) is 5.02 Å². The van der Waals surface area contributed by atoms with Gasteiger partial charge in [0.1, 0.15) is 17.3 Å². The van der Waals surface area contributed by atoms with Crippen molar-refractivity contribution in [2.24, 2.45) is 0 Å². The van der Waals surface area contributed by atoms with Gasteiger partial charge in [-0.15, -0.1) is 0 Å². The lowest BCUT2D eigenvalue weighted by molar-refractivity contribution is -0.127. The molecule has 2 unspecified atom stereocenters. The standard InChI is InChI=1S/C17H18ClN3O2/c18-11-8-10(16(22)14-9(11)4-3-7-19-14)15-17(23)21-13-6-2-1-5-12(13)20-15/h3-4,7-8,12-13,15,20,22H,1-2,5-6H2,(H,21,23)/t12-,13?,15?/m0/s1. The van der Waals surface area contributed by atoms with E-state index in [0.717, 1.165) is 25.7 Å². The highest BCUT2D eigenvalue weighted by atomic mass is 35.5. The lowest BCUT2D eigenvalue weighted by Crippen LogP contribution is -2.61.